The van der Waals surface area contributed by atoms with Gasteiger partial charge in [0.15, 0.2) is 0 Å². The Hall–Kier alpha value is -1.87. The van der Waals surface area contributed by atoms with Gasteiger partial charge in [0.1, 0.15) is 5.82 Å². The number of benzene rings is 2. The second-order valence-corrected chi connectivity index (χ2v) is 5.23. The third-order valence-corrected chi connectivity index (χ3v) is 4.00. The zero-order valence-corrected chi connectivity index (χ0v) is 11.4. The molecule has 2 nitrogen and oxygen atoms in total. The molecule has 0 radical (unpaired) electrons. The monoisotopic (exact) mass is 270 g/mol. The molecule has 20 heavy (non-hydrogen) atoms. The molecule has 1 unspecified atom stereocenters. The predicted molar refractivity (Wildman–Crippen MR) is 80.3 cm³/mol. The van der Waals surface area contributed by atoms with Crippen LogP contribution >= 0.6 is 0 Å². The van der Waals surface area contributed by atoms with E-state index in [9.17, 15) is 4.39 Å². The van der Waals surface area contributed by atoms with Crippen LogP contribution in [0.4, 0.5) is 10.1 Å². The summed E-state index contributed by atoms with van der Waals surface area (Å²) in [5.74, 6) is -0.205. The van der Waals surface area contributed by atoms with Crippen molar-refractivity contribution in [2.45, 2.75) is 18.9 Å². The van der Waals surface area contributed by atoms with Crippen LogP contribution in [0.25, 0.3) is 0 Å². The zero-order chi connectivity index (χ0) is 13.9. The van der Waals surface area contributed by atoms with Gasteiger partial charge in [-0.25, -0.2) is 4.39 Å². The fourth-order valence-electron chi connectivity index (χ4n) is 3.01. The fraction of sp³-hybridized carbons (Fsp3) is 0.294. The lowest BCUT2D eigenvalue weighted by Crippen LogP contribution is -2.37. The number of halogens is 1. The number of nitrogens with two attached hydrogens (primary N) is 1. The van der Waals surface area contributed by atoms with Gasteiger partial charge in [-0.15, -0.1) is 0 Å². The first-order valence-corrected chi connectivity index (χ1v) is 7.09. The standard InChI is InChI=1S/C17H19FN2/c18-15-9-7-14(8-10-15)17(12-19)20-11-3-5-13-4-1-2-6-16(13)20/h1-2,4,6-10,17H,3,5,11-12,19H2. The van der Waals surface area contributed by atoms with E-state index in [0.29, 0.717) is 6.54 Å². The van der Waals surface area contributed by atoms with Crippen molar-refractivity contribution >= 4 is 5.69 Å². The van der Waals surface area contributed by atoms with Crippen LogP contribution in [0, 0.1) is 5.82 Å². The molecule has 3 heteroatoms. The number of nitrogens with zero attached hydrogens (tertiary/aromatic N) is 1. The number of hydrogen-bond donors (Lipinski definition) is 1. The van der Waals surface area contributed by atoms with Crippen LogP contribution in [-0.2, 0) is 6.42 Å². The topological polar surface area (TPSA) is 29.3 Å². The molecule has 0 saturated heterocycles. The molecule has 0 aromatic heterocycles. The third-order valence-electron chi connectivity index (χ3n) is 4.00. The average molecular weight is 270 g/mol. The third kappa shape index (κ3) is 2.41. The van der Waals surface area contributed by atoms with Crippen LogP contribution in [0.3, 0.4) is 0 Å². The van der Waals surface area contributed by atoms with Crippen LogP contribution in [-0.4, -0.2) is 13.1 Å². The van der Waals surface area contributed by atoms with Crippen molar-refractivity contribution in [3.63, 3.8) is 0 Å². The van der Waals surface area contributed by atoms with Gasteiger partial charge in [-0.05, 0) is 42.2 Å². The Morgan fingerprint density at radius 3 is 2.60 bits per heavy atom. The molecular formula is C17H19FN2. The molecule has 2 N–H and O–H groups in total. The van der Waals surface area contributed by atoms with E-state index in [1.54, 1.807) is 0 Å². The Balaban J connectivity index is 1.96. The van der Waals surface area contributed by atoms with E-state index >= 15 is 0 Å². The quantitative estimate of drug-likeness (QED) is 0.927. The average Bonchev–Trinajstić information content (AvgIpc) is 2.50. The van der Waals surface area contributed by atoms with Crippen molar-refractivity contribution in [2.75, 3.05) is 18.0 Å². The van der Waals surface area contributed by atoms with E-state index in [4.69, 9.17) is 5.73 Å². The lowest BCUT2D eigenvalue weighted by atomic mass is 9.97. The fourth-order valence-corrected chi connectivity index (χ4v) is 3.01. The Morgan fingerprint density at radius 1 is 1.10 bits per heavy atom. The van der Waals surface area contributed by atoms with E-state index in [1.807, 2.05) is 12.1 Å². The number of rotatable bonds is 3. The highest BCUT2D eigenvalue weighted by Gasteiger charge is 2.24. The smallest absolute Gasteiger partial charge is 0.123 e. The van der Waals surface area contributed by atoms with Crippen LogP contribution in [0.15, 0.2) is 48.5 Å². The second-order valence-electron chi connectivity index (χ2n) is 5.23. The first-order valence-electron chi connectivity index (χ1n) is 7.09. The molecule has 0 fully saturated rings. The Morgan fingerprint density at radius 2 is 1.85 bits per heavy atom. The summed E-state index contributed by atoms with van der Waals surface area (Å²) in [6.07, 6.45) is 2.25. The van der Waals surface area contributed by atoms with Gasteiger partial charge in [0.25, 0.3) is 0 Å². The summed E-state index contributed by atoms with van der Waals surface area (Å²) in [4.78, 5) is 2.35. The first kappa shape index (κ1) is 13.1. The van der Waals surface area contributed by atoms with Crippen LogP contribution < -0.4 is 10.6 Å². The number of para-hydroxylation sites is 1. The van der Waals surface area contributed by atoms with E-state index in [1.165, 1.54) is 23.4 Å². The van der Waals surface area contributed by atoms with Gasteiger partial charge < -0.3 is 10.6 Å². The Bertz CT molecular complexity index is 580. The van der Waals surface area contributed by atoms with Gasteiger partial charge in [0.2, 0.25) is 0 Å². The van der Waals surface area contributed by atoms with Crippen molar-refractivity contribution in [3.8, 4) is 0 Å². The molecule has 0 saturated carbocycles. The predicted octanol–water partition coefficient (Wildman–Crippen LogP) is 3.28. The number of aryl methyl sites for hydroxylation is 1. The molecule has 104 valence electrons. The van der Waals surface area contributed by atoms with Crippen molar-refractivity contribution < 1.29 is 4.39 Å². The number of fused-ring (bicyclic) bond motifs is 1. The molecule has 0 amide bonds. The summed E-state index contributed by atoms with van der Waals surface area (Å²) in [5.41, 5.74) is 9.71. The highest BCUT2D eigenvalue weighted by molar-refractivity contribution is 5.57. The van der Waals surface area contributed by atoms with E-state index in [0.717, 1.165) is 24.9 Å². The summed E-state index contributed by atoms with van der Waals surface area (Å²) >= 11 is 0. The maximum Gasteiger partial charge on any atom is 0.123 e. The molecule has 3 rings (SSSR count). The molecule has 1 atom stereocenters. The van der Waals surface area contributed by atoms with Gasteiger partial charge >= 0.3 is 0 Å². The maximum absolute atomic E-state index is 13.1. The maximum atomic E-state index is 13.1. The highest BCUT2D eigenvalue weighted by atomic mass is 19.1. The van der Waals surface area contributed by atoms with Crippen LogP contribution in [0.2, 0.25) is 0 Å². The SMILES string of the molecule is NCC(c1ccc(F)cc1)N1CCCc2ccccc21. The van der Waals surface area contributed by atoms with Gasteiger partial charge in [-0.3, -0.25) is 0 Å². The molecule has 1 aliphatic heterocycles. The lowest BCUT2D eigenvalue weighted by molar-refractivity contribution is 0.584. The van der Waals surface area contributed by atoms with Gasteiger partial charge in [-0.1, -0.05) is 30.3 Å². The molecule has 2 aromatic rings. The summed E-state index contributed by atoms with van der Waals surface area (Å²) < 4.78 is 13.1. The van der Waals surface area contributed by atoms with Gasteiger partial charge in [-0.2, -0.15) is 0 Å². The van der Waals surface area contributed by atoms with Crippen molar-refractivity contribution in [3.05, 3.63) is 65.5 Å². The minimum absolute atomic E-state index is 0.108. The van der Waals surface area contributed by atoms with Crippen LogP contribution in [0.5, 0.6) is 0 Å². The summed E-state index contributed by atoms with van der Waals surface area (Å²) in [6, 6.07) is 15.3. The molecule has 0 spiro atoms. The largest absolute Gasteiger partial charge is 0.363 e. The molecular weight excluding hydrogens is 251 g/mol. The Labute approximate surface area is 119 Å². The minimum atomic E-state index is -0.205. The second kappa shape index (κ2) is 5.63. The lowest BCUT2D eigenvalue weighted by Gasteiger charge is -2.37. The first-order chi connectivity index (χ1) is 9.79. The van der Waals surface area contributed by atoms with E-state index in [-0.39, 0.29) is 11.9 Å². The van der Waals surface area contributed by atoms with E-state index in [2.05, 4.69) is 29.2 Å². The van der Waals surface area contributed by atoms with Gasteiger partial charge in [0, 0.05) is 18.8 Å². The highest BCUT2D eigenvalue weighted by Crippen LogP contribution is 2.33. The van der Waals surface area contributed by atoms with Gasteiger partial charge in [0.05, 0.1) is 6.04 Å². The summed E-state index contributed by atoms with van der Waals surface area (Å²) in [7, 11) is 0. The molecule has 2 aromatic carbocycles. The van der Waals surface area contributed by atoms with Crippen molar-refractivity contribution in [2.24, 2.45) is 5.73 Å². The van der Waals surface area contributed by atoms with Crippen LogP contribution in [0.1, 0.15) is 23.6 Å². The van der Waals surface area contributed by atoms with Crippen molar-refractivity contribution in [1.82, 2.24) is 0 Å². The molecule has 0 aliphatic carbocycles. The molecule has 1 heterocycles. The summed E-state index contributed by atoms with van der Waals surface area (Å²) in [6.45, 7) is 1.52. The Kier molecular flexibility index (Phi) is 3.70. The zero-order valence-electron chi connectivity index (χ0n) is 11.4. The van der Waals surface area contributed by atoms with E-state index < -0.39 is 0 Å². The summed E-state index contributed by atoms with van der Waals surface area (Å²) in [5, 5.41) is 0. The number of hydrogen-bond acceptors (Lipinski definition) is 2. The minimum Gasteiger partial charge on any atom is -0.363 e. The molecule has 0 bridgehead atoms. The van der Waals surface area contributed by atoms with Crippen molar-refractivity contribution in [1.29, 1.82) is 0 Å². The normalized spacial score (nSPS) is 15.8. The number of anilines is 1. The molecule has 1 aliphatic rings.